The number of nitrogen functional groups attached to an aromatic ring is 1. The predicted molar refractivity (Wildman–Crippen MR) is 59.6 cm³/mol. The van der Waals surface area contributed by atoms with Gasteiger partial charge < -0.3 is 16.4 Å². The van der Waals surface area contributed by atoms with Crippen molar-refractivity contribution in [2.24, 2.45) is 0 Å². The second kappa shape index (κ2) is 5.11. The van der Waals surface area contributed by atoms with E-state index < -0.39 is 11.9 Å². The van der Waals surface area contributed by atoms with Crippen LogP contribution in [0.1, 0.15) is 17.3 Å². The van der Waals surface area contributed by atoms with E-state index in [1.54, 1.807) is 6.92 Å². The maximum Gasteiger partial charge on any atom is 0.254 e. The second-order valence-electron chi connectivity index (χ2n) is 3.27. The third-order valence-corrected chi connectivity index (χ3v) is 2.08. The molecule has 0 saturated carbocycles. The third kappa shape index (κ3) is 2.69. The Labute approximate surface area is 93.2 Å². The van der Waals surface area contributed by atoms with Crippen molar-refractivity contribution in [3.8, 4) is 0 Å². The fraction of sp³-hybridized carbons (Fsp3) is 0.300. The Morgan fingerprint density at radius 1 is 1.50 bits per heavy atom. The number of likely N-dealkylation sites (N-methyl/N-ethyl adjacent to an activating group) is 1. The van der Waals surface area contributed by atoms with E-state index in [-0.39, 0.29) is 11.6 Å². The van der Waals surface area contributed by atoms with Gasteiger partial charge in [0.2, 0.25) is 5.91 Å². The first-order chi connectivity index (χ1) is 7.56. The summed E-state index contributed by atoms with van der Waals surface area (Å²) in [7, 11) is 1.51. The van der Waals surface area contributed by atoms with Crippen LogP contribution in [0.4, 0.5) is 5.69 Å². The monoisotopic (exact) mass is 222 g/mol. The Bertz CT molecular complexity index is 406. The van der Waals surface area contributed by atoms with Crippen LogP contribution in [-0.4, -0.2) is 29.9 Å². The Morgan fingerprint density at radius 3 is 2.75 bits per heavy atom. The van der Waals surface area contributed by atoms with Crippen LogP contribution in [0.25, 0.3) is 0 Å². The average Bonchev–Trinajstić information content (AvgIpc) is 2.28. The number of nitrogens with one attached hydrogen (secondary N) is 2. The van der Waals surface area contributed by atoms with Crippen LogP contribution in [-0.2, 0) is 4.79 Å². The number of nitrogens with zero attached hydrogens (tertiary/aromatic N) is 1. The molecular weight excluding hydrogens is 208 g/mol. The van der Waals surface area contributed by atoms with Crippen LogP contribution < -0.4 is 16.4 Å². The van der Waals surface area contributed by atoms with Crippen molar-refractivity contribution in [2.75, 3.05) is 12.8 Å². The van der Waals surface area contributed by atoms with Crippen LogP contribution in [0.5, 0.6) is 0 Å². The minimum absolute atomic E-state index is 0.263. The molecule has 16 heavy (non-hydrogen) atoms. The Kier molecular flexibility index (Phi) is 3.82. The Morgan fingerprint density at radius 2 is 2.19 bits per heavy atom. The molecule has 0 aliphatic rings. The Balaban J connectivity index is 2.73. The lowest BCUT2D eigenvalue weighted by Gasteiger charge is -2.12. The summed E-state index contributed by atoms with van der Waals surface area (Å²) >= 11 is 0. The highest BCUT2D eigenvalue weighted by Crippen LogP contribution is 2.08. The van der Waals surface area contributed by atoms with E-state index in [1.165, 1.54) is 25.5 Å². The lowest BCUT2D eigenvalue weighted by molar-refractivity contribution is -0.122. The summed E-state index contributed by atoms with van der Waals surface area (Å²) in [6, 6.07) is 0.895. The van der Waals surface area contributed by atoms with Gasteiger partial charge in [-0.1, -0.05) is 0 Å². The minimum Gasteiger partial charge on any atom is -0.397 e. The first kappa shape index (κ1) is 12.0. The van der Waals surface area contributed by atoms with Gasteiger partial charge in [-0.25, -0.2) is 0 Å². The number of hydrogen-bond donors (Lipinski definition) is 3. The van der Waals surface area contributed by atoms with E-state index in [0.29, 0.717) is 5.56 Å². The van der Waals surface area contributed by atoms with Gasteiger partial charge in [0.15, 0.2) is 0 Å². The highest BCUT2D eigenvalue weighted by molar-refractivity contribution is 6.01. The molecule has 1 unspecified atom stereocenters. The van der Waals surface area contributed by atoms with E-state index in [1.807, 2.05) is 0 Å². The molecule has 1 rings (SSSR count). The summed E-state index contributed by atoms with van der Waals surface area (Å²) in [5.41, 5.74) is 6.17. The van der Waals surface area contributed by atoms with Crippen molar-refractivity contribution in [3.63, 3.8) is 0 Å². The van der Waals surface area contributed by atoms with Crippen LogP contribution in [0.2, 0.25) is 0 Å². The fourth-order valence-electron chi connectivity index (χ4n) is 1.17. The fourth-order valence-corrected chi connectivity index (χ4v) is 1.17. The molecule has 1 heterocycles. The topological polar surface area (TPSA) is 97.1 Å². The minimum atomic E-state index is -0.606. The highest BCUT2D eigenvalue weighted by Gasteiger charge is 2.16. The SMILES string of the molecule is CNC(=O)C(C)NC(=O)c1ccncc1N. The summed E-state index contributed by atoms with van der Waals surface area (Å²) < 4.78 is 0. The summed E-state index contributed by atoms with van der Waals surface area (Å²) in [5.74, 6) is -0.656. The molecule has 0 spiro atoms. The van der Waals surface area contributed by atoms with E-state index in [0.717, 1.165) is 0 Å². The molecule has 0 aromatic carbocycles. The number of nitrogens with two attached hydrogens (primary N) is 1. The van der Waals surface area contributed by atoms with E-state index in [2.05, 4.69) is 15.6 Å². The molecule has 1 aromatic rings. The standard InChI is InChI=1S/C10H14N4O2/c1-6(9(15)12-2)14-10(16)7-3-4-13-5-8(7)11/h3-6H,11H2,1-2H3,(H,12,15)(H,14,16). The molecular formula is C10H14N4O2. The maximum atomic E-state index is 11.7. The number of amides is 2. The summed E-state index contributed by atoms with van der Waals surface area (Å²) in [6.07, 6.45) is 2.86. The molecule has 0 aliphatic heterocycles. The van der Waals surface area contributed by atoms with Gasteiger partial charge in [-0.05, 0) is 13.0 Å². The van der Waals surface area contributed by atoms with Gasteiger partial charge in [-0.3, -0.25) is 14.6 Å². The molecule has 1 aromatic heterocycles. The second-order valence-corrected chi connectivity index (χ2v) is 3.27. The number of anilines is 1. The Hall–Kier alpha value is -2.11. The molecule has 6 nitrogen and oxygen atoms in total. The lowest BCUT2D eigenvalue weighted by atomic mass is 10.2. The predicted octanol–water partition coefficient (Wildman–Crippen LogP) is -0.472. The van der Waals surface area contributed by atoms with Gasteiger partial charge in [0.1, 0.15) is 6.04 Å². The molecule has 86 valence electrons. The van der Waals surface area contributed by atoms with E-state index in [4.69, 9.17) is 5.73 Å². The van der Waals surface area contributed by atoms with Gasteiger partial charge in [-0.15, -0.1) is 0 Å². The third-order valence-electron chi connectivity index (χ3n) is 2.08. The molecule has 0 bridgehead atoms. The van der Waals surface area contributed by atoms with Crippen LogP contribution in [0, 0.1) is 0 Å². The largest absolute Gasteiger partial charge is 0.397 e. The van der Waals surface area contributed by atoms with Crippen molar-refractivity contribution in [1.29, 1.82) is 0 Å². The molecule has 0 saturated heterocycles. The molecule has 0 radical (unpaired) electrons. The molecule has 2 amide bonds. The van der Waals surface area contributed by atoms with Crippen molar-refractivity contribution in [2.45, 2.75) is 13.0 Å². The zero-order valence-corrected chi connectivity index (χ0v) is 9.15. The number of aromatic nitrogens is 1. The van der Waals surface area contributed by atoms with E-state index in [9.17, 15) is 9.59 Å². The summed E-state index contributed by atoms with van der Waals surface area (Å²) in [4.78, 5) is 26.7. The molecule has 4 N–H and O–H groups in total. The van der Waals surface area contributed by atoms with Gasteiger partial charge in [-0.2, -0.15) is 0 Å². The van der Waals surface area contributed by atoms with Crippen molar-refractivity contribution >= 4 is 17.5 Å². The number of pyridine rings is 1. The van der Waals surface area contributed by atoms with Crippen molar-refractivity contribution in [1.82, 2.24) is 15.6 Å². The number of rotatable bonds is 3. The first-order valence-corrected chi connectivity index (χ1v) is 4.78. The van der Waals surface area contributed by atoms with Gasteiger partial charge >= 0.3 is 0 Å². The lowest BCUT2D eigenvalue weighted by Crippen LogP contribution is -2.43. The zero-order valence-electron chi connectivity index (χ0n) is 9.15. The highest BCUT2D eigenvalue weighted by atomic mass is 16.2. The van der Waals surface area contributed by atoms with Crippen LogP contribution in [0.3, 0.4) is 0 Å². The van der Waals surface area contributed by atoms with Gasteiger partial charge in [0.25, 0.3) is 5.91 Å². The number of carbonyl (C=O) groups is 2. The normalized spacial score (nSPS) is 11.6. The van der Waals surface area contributed by atoms with Crippen LogP contribution in [0.15, 0.2) is 18.5 Å². The number of carbonyl (C=O) groups excluding carboxylic acids is 2. The smallest absolute Gasteiger partial charge is 0.254 e. The maximum absolute atomic E-state index is 11.7. The number of hydrogen-bond acceptors (Lipinski definition) is 4. The molecule has 6 heteroatoms. The van der Waals surface area contributed by atoms with Crippen molar-refractivity contribution in [3.05, 3.63) is 24.0 Å². The van der Waals surface area contributed by atoms with Gasteiger partial charge in [0.05, 0.1) is 17.4 Å². The first-order valence-electron chi connectivity index (χ1n) is 4.78. The zero-order chi connectivity index (χ0) is 12.1. The van der Waals surface area contributed by atoms with E-state index >= 15 is 0 Å². The quantitative estimate of drug-likeness (QED) is 0.644. The molecule has 0 fully saturated rings. The summed E-state index contributed by atoms with van der Waals surface area (Å²) in [6.45, 7) is 1.59. The molecule has 0 aliphatic carbocycles. The van der Waals surface area contributed by atoms with Crippen LogP contribution >= 0.6 is 0 Å². The average molecular weight is 222 g/mol. The van der Waals surface area contributed by atoms with Gasteiger partial charge in [0, 0.05) is 13.2 Å². The summed E-state index contributed by atoms with van der Waals surface area (Å²) in [5, 5.41) is 4.97. The van der Waals surface area contributed by atoms with Crippen molar-refractivity contribution < 1.29 is 9.59 Å². The molecule has 1 atom stereocenters.